The van der Waals surface area contributed by atoms with E-state index >= 15 is 0 Å². The highest BCUT2D eigenvalue weighted by Gasteiger charge is 2.12. The van der Waals surface area contributed by atoms with Gasteiger partial charge in [0.05, 0.1) is 12.8 Å². The zero-order valence-corrected chi connectivity index (χ0v) is 16.0. The lowest BCUT2D eigenvalue weighted by Gasteiger charge is -2.14. The lowest BCUT2D eigenvalue weighted by molar-refractivity contribution is -0.116. The van der Waals surface area contributed by atoms with Crippen molar-refractivity contribution in [3.05, 3.63) is 93.1 Å². The molecule has 1 amide bonds. The molecule has 0 spiro atoms. The van der Waals surface area contributed by atoms with Crippen molar-refractivity contribution in [2.24, 2.45) is 0 Å². The van der Waals surface area contributed by atoms with E-state index in [1.807, 2.05) is 0 Å². The number of hydrogen-bond acceptors (Lipinski definition) is 4. The van der Waals surface area contributed by atoms with Crippen LogP contribution in [0.15, 0.2) is 65.6 Å². The third-order valence-corrected chi connectivity index (χ3v) is 4.38. The van der Waals surface area contributed by atoms with Crippen LogP contribution in [0.3, 0.4) is 0 Å². The number of benzene rings is 2. The number of amides is 1. The van der Waals surface area contributed by atoms with Gasteiger partial charge in [-0.3, -0.25) is 9.59 Å². The summed E-state index contributed by atoms with van der Waals surface area (Å²) in [7, 11) is 0. The number of carbonyl (C=O) groups is 1. The van der Waals surface area contributed by atoms with Crippen LogP contribution in [0.1, 0.15) is 11.3 Å². The molecule has 0 fully saturated rings. The first kappa shape index (κ1) is 20.6. The molecule has 0 aliphatic rings. The van der Waals surface area contributed by atoms with Crippen LogP contribution in [-0.4, -0.2) is 15.6 Å². The van der Waals surface area contributed by atoms with E-state index in [9.17, 15) is 19.1 Å². The van der Waals surface area contributed by atoms with Crippen molar-refractivity contribution < 1.29 is 19.0 Å². The number of hydrogen-bond donors (Lipinski definition) is 2. The van der Waals surface area contributed by atoms with Crippen LogP contribution in [-0.2, 0) is 24.6 Å². The minimum absolute atomic E-state index is 0.0512. The standard InChI is InChI=1S/C21H18ClFN2O4/c22-15-5-7-16(8-6-15)24-21(28)11-25-10-20(19(27)9-17(25)12-26)29-13-14-3-1-2-4-18(14)23/h1-10,26H,11-13H2,(H,24,28). The SMILES string of the molecule is O=C(Cn1cc(OCc2ccccc2F)c(=O)cc1CO)Nc1ccc(Cl)cc1. The van der Waals surface area contributed by atoms with Gasteiger partial charge < -0.3 is 19.7 Å². The summed E-state index contributed by atoms with van der Waals surface area (Å²) in [6.07, 6.45) is 1.33. The van der Waals surface area contributed by atoms with Gasteiger partial charge in [0.1, 0.15) is 19.0 Å². The van der Waals surface area contributed by atoms with Gasteiger partial charge in [0.2, 0.25) is 11.3 Å². The molecule has 0 unspecified atom stereocenters. The summed E-state index contributed by atoms with van der Waals surface area (Å²) in [5.41, 5.74) is 0.631. The molecule has 0 aliphatic heterocycles. The Morgan fingerprint density at radius 3 is 2.59 bits per heavy atom. The first-order valence-corrected chi connectivity index (χ1v) is 9.10. The molecule has 1 heterocycles. The maximum Gasteiger partial charge on any atom is 0.244 e. The predicted octanol–water partition coefficient (Wildman–Crippen LogP) is 3.35. The number of pyridine rings is 1. The fraction of sp³-hybridized carbons (Fsp3) is 0.143. The molecular weight excluding hydrogens is 399 g/mol. The second kappa shape index (κ2) is 9.36. The minimum Gasteiger partial charge on any atom is -0.483 e. The van der Waals surface area contributed by atoms with Crippen LogP contribution >= 0.6 is 11.6 Å². The molecule has 6 nitrogen and oxygen atoms in total. The van der Waals surface area contributed by atoms with Crippen LogP contribution in [0.5, 0.6) is 5.75 Å². The quantitative estimate of drug-likeness (QED) is 0.619. The third-order valence-electron chi connectivity index (χ3n) is 4.13. The molecule has 0 atom stereocenters. The van der Waals surface area contributed by atoms with E-state index in [0.29, 0.717) is 16.3 Å². The second-order valence-electron chi connectivity index (χ2n) is 6.21. The summed E-state index contributed by atoms with van der Waals surface area (Å²) in [5, 5.41) is 12.8. The maximum atomic E-state index is 13.7. The Morgan fingerprint density at radius 2 is 1.90 bits per heavy atom. The van der Waals surface area contributed by atoms with Crippen LogP contribution in [0.25, 0.3) is 0 Å². The zero-order chi connectivity index (χ0) is 20.8. The van der Waals surface area contributed by atoms with E-state index in [1.54, 1.807) is 42.5 Å². The molecule has 1 aromatic heterocycles. The lowest BCUT2D eigenvalue weighted by Crippen LogP contribution is -2.23. The van der Waals surface area contributed by atoms with Crippen LogP contribution in [0.4, 0.5) is 10.1 Å². The summed E-state index contributed by atoms with van der Waals surface area (Å²) in [5.74, 6) is -0.863. The molecule has 0 saturated heterocycles. The van der Waals surface area contributed by atoms with Gasteiger partial charge in [-0.25, -0.2) is 4.39 Å². The van der Waals surface area contributed by atoms with Crippen molar-refractivity contribution in [2.45, 2.75) is 19.8 Å². The van der Waals surface area contributed by atoms with Gasteiger partial charge >= 0.3 is 0 Å². The number of aromatic nitrogens is 1. The molecule has 3 rings (SSSR count). The van der Waals surface area contributed by atoms with Gasteiger partial charge in [-0.15, -0.1) is 0 Å². The first-order valence-electron chi connectivity index (χ1n) is 8.72. The predicted molar refractivity (Wildman–Crippen MR) is 107 cm³/mol. The van der Waals surface area contributed by atoms with Crippen molar-refractivity contribution in [3.8, 4) is 5.75 Å². The summed E-state index contributed by atoms with van der Waals surface area (Å²) >= 11 is 5.82. The Balaban J connectivity index is 1.76. The van der Waals surface area contributed by atoms with E-state index in [0.717, 1.165) is 0 Å². The van der Waals surface area contributed by atoms with Crippen molar-refractivity contribution in [1.82, 2.24) is 4.57 Å². The highest BCUT2D eigenvalue weighted by atomic mass is 35.5. The van der Waals surface area contributed by atoms with Gasteiger partial charge in [-0.05, 0) is 30.3 Å². The molecule has 2 aromatic carbocycles. The van der Waals surface area contributed by atoms with Crippen LogP contribution in [0.2, 0.25) is 5.02 Å². The Bertz CT molecular complexity index is 1070. The summed E-state index contributed by atoms with van der Waals surface area (Å²) in [4.78, 5) is 24.5. The molecule has 0 bridgehead atoms. The van der Waals surface area contributed by atoms with E-state index in [1.165, 1.54) is 22.9 Å². The molecule has 29 heavy (non-hydrogen) atoms. The molecule has 0 saturated carbocycles. The number of nitrogens with one attached hydrogen (secondary N) is 1. The third kappa shape index (κ3) is 5.43. The molecule has 0 radical (unpaired) electrons. The fourth-order valence-electron chi connectivity index (χ4n) is 2.64. The van der Waals surface area contributed by atoms with Gasteiger partial charge in [-0.2, -0.15) is 0 Å². The highest BCUT2D eigenvalue weighted by molar-refractivity contribution is 6.30. The number of carbonyl (C=O) groups excluding carboxylic acids is 1. The number of aliphatic hydroxyl groups excluding tert-OH is 1. The lowest BCUT2D eigenvalue weighted by atomic mass is 10.2. The number of halogens is 2. The summed E-state index contributed by atoms with van der Waals surface area (Å²) in [6.45, 7) is -0.733. The number of aliphatic hydroxyl groups is 1. The molecule has 2 N–H and O–H groups in total. The van der Waals surface area contributed by atoms with Gasteiger partial charge in [0.15, 0.2) is 5.75 Å². The van der Waals surface area contributed by atoms with Crippen molar-refractivity contribution in [3.63, 3.8) is 0 Å². The maximum absolute atomic E-state index is 13.7. The van der Waals surface area contributed by atoms with Crippen LogP contribution in [0, 0.1) is 5.82 Å². The highest BCUT2D eigenvalue weighted by Crippen LogP contribution is 2.15. The Morgan fingerprint density at radius 1 is 1.17 bits per heavy atom. The van der Waals surface area contributed by atoms with Gasteiger partial charge in [-0.1, -0.05) is 29.8 Å². The topological polar surface area (TPSA) is 80.6 Å². The van der Waals surface area contributed by atoms with Gasteiger partial charge in [0.25, 0.3) is 0 Å². The zero-order valence-electron chi connectivity index (χ0n) is 15.3. The summed E-state index contributed by atoms with van der Waals surface area (Å²) < 4.78 is 20.6. The van der Waals surface area contributed by atoms with E-state index < -0.39 is 17.9 Å². The number of anilines is 1. The Kier molecular flexibility index (Phi) is 6.64. The van der Waals surface area contributed by atoms with Crippen molar-refractivity contribution >= 4 is 23.2 Å². The molecule has 150 valence electrons. The normalized spacial score (nSPS) is 10.6. The monoisotopic (exact) mass is 416 g/mol. The average molecular weight is 417 g/mol. The second-order valence-corrected chi connectivity index (χ2v) is 6.65. The minimum atomic E-state index is -0.472. The Hall–Kier alpha value is -3.16. The largest absolute Gasteiger partial charge is 0.483 e. The molecule has 8 heteroatoms. The number of nitrogens with zero attached hydrogens (tertiary/aromatic N) is 1. The van der Waals surface area contributed by atoms with Crippen LogP contribution < -0.4 is 15.5 Å². The number of ether oxygens (including phenoxy) is 1. The first-order chi connectivity index (χ1) is 14.0. The fourth-order valence-corrected chi connectivity index (χ4v) is 2.77. The van der Waals surface area contributed by atoms with Crippen molar-refractivity contribution in [2.75, 3.05) is 5.32 Å². The van der Waals surface area contributed by atoms with Gasteiger partial charge in [0, 0.05) is 28.0 Å². The smallest absolute Gasteiger partial charge is 0.244 e. The van der Waals surface area contributed by atoms with Crippen molar-refractivity contribution in [1.29, 1.82) is 0 Å². The van der Waals surface area contributed by atoms with E-state index in [4.69, 9.17) is 16.3 Å². The Labute approximate surface area is 171 Å². The molecule has 3 aromatic rings. The van der Waals surface area contributed by atoms with E-state index in [-0.39, 0.29) is 30.5 Å². The molecular formula is C21H18ClFN2O4. The number of rotatable bonds is 7. The molecule has 0 aliphatic carbocycles. The van der Waals surface area contributed by atoms with E-state index in [2.05, 4.69) is 5.32 Å². The average Bonchev–Trinajstić information content (AvgIpc) is 2.70. The summed E-state index contributed by atoms with van der Waals surface area (Å²) in [6, 6.07) is 13.9.